The lowest BCUT2D eigenvalue weighted by atomic mass is 10.1. The first-order valence-electron chi connectivity index (χ1n) is 8.30. The number of rotatable bonds is 8. The van der Waals surface area contributed by atoms with Crippen molar-refractivity contribution in [2.24, 2.45) is 5.92 Å². The number of nitrogens with one attached hydrogen (secondary N) is 1. The summed E-state index contributed by atoms with van der Waals surface area (Å²) in [5.41, 5.74) is 0.852. The molecule has 0 radical (unpaired) electrons. The van der Waals surface area contributed by atoms with Gasteiger partial charge in [0.15, 0.2) is 11.5 Å². The number of carbonyl (C=O) groups excluding carboxylic acids is 1. The number of aryl methyl sites for hydroxylation is 1. The maximum Gasteiger partial charge on any atom is 0.306 e. The molecule has 0 aromatic heterocycles. The van der Waals surface area contributed by atoms with Crippen LogP contribution in [0.15, 0.2) is 12.1 Å². The van der Waals surface area contributed by atoms with E-state index in [0.717, 1.165) is 5.56 Å². The molecule has 1 fully saturated rings. The molecule has 1 aliphatic rings. The van der Waals surface area contributed by atoms with Gasteiger partial charge in [-0.15, -0.1) is 0 Å². The number of aliphatic carboxylic acids is 1. The number of amides is 1. The van der Waals surface area contributed by atoms with Gasteiger partial charge in [-0.25, -0.2) is 0 Å². The molecule has 0 heterocycles. The zero-order valence-corrected chi connectivity index (χ0v) is 14.8. The van der Waals surface area contributed by atoms with Crippen LogP contribution in [0.3, 0.4) is 0 Å². The topological polar surface area (TPSA) is 94.1 Å². The summed E-state index contributed by atoms with van der Waals surface area (Å²) in [4.78, 5) is 23.1. The average Bonchev–Trinajstić information content (AvgIpc) is 3.07. The molecule has 2 N–H and O–H groups in total. The highest BCUT2D eigenvalue weighted by atomic mass is 16.5. The third-order valence-electron chi connectivity index (χ3n) is 4.55. The number of carbonyl (C=O) groups is 2. The Kier molecular flexibility index (Phi) is 6.50. The van der Waals surface area contributed by atoms with Gasteiger partial charge in [0.2, 0.25) is 11.7 Å². The lowest BCUT2D eigenvalue weighted by Gasteiger charge is -2.16. The lowest BCUT2D eigenvalue weighted by Crippen LogP contribution is -2.33. The maximum atomic E-state index is 12.2. The average molecular weight is 351 g/mol. The van der Waals surface area contributed by atoms with E-state index in [-0.39, 0.29) is 17.9 Å². The van der Waals surface area contributed by atoms with Crippen molar-refractivity contribution >= 4 is 11.9 Å². The van der Waals surface area contributed by atoms with Crippen LogP contribution in [0, 0.1) is 5.92 Å². The number of hydrogen-bond acceptors (Lipinski definition) is 5. The number of carboxylic acids is 1. The van der Waals surface area contributed by atoms with Crippen LogP contribution >= 0.6 is 0 Å². The van der Waals surface area contributed by atoms with E-state index in [1.165, 1.54) is 7.11 Å². The first-order chi connectivity index (χ1) is 12.0. The molecule has 25 heavy (non-hydrogen) atoms. The number of benzene rings is 1. The minimum atomic E-state index is -0.785. The molecule has 7 nitrogen and oxygen atoms in total. The van der Waals surface area contributed by atoms with Crippen LogP contribution in [-0.2, 0) is 16.0 Å². The summed E-state index contributed by atoms with van der Waals surface area (Å²) in [6.45, 7) is 0. The monoisotopic (exact) mass is 351 g/mol. The molecule has 1 saturated carbocycles. The summed E-state index contributed by atoms with van der Waals surface area (Å²) in [6.07, 6.45) is 2.61. The van der Waals surface area contributed by atoms with Gasteiger partial charge in [-0.2, -0.15) is 0 Å². The summed E-state index contributed by atoms with van der Waals surface area (Å²) >= 11 is 0. The van der Waals surface area contributed by atoms with Crippen molar-refractivity contribution in [1.29, 1.82) is 0 Å². The van der Waals surface area contributed by atoms with E-state index in [4.69, 9.17) is 19.3 Å². The largest absolute Gasteiger partial charge is 0.493 e. The second-order valence-corrected chi connectivity index (χ2v) is 6.11. The quantitative estimate of drug-likeness (QED) is 0.744. The van der Waals surface area contributed by atoms with Crippen molar-refractivity contribution < 1.29 is 28.9 Å². The fourth-order valence-corrected chi connectivity index (χ4v) is 3.25. The number of hydrogen-bond donors (Lipinski definition) is 2. The van der Waals surface area contributed by atoms with Gasteiger partial charge in [0.25, 0.3) is 0 Å². The van der Waals surface area contributed by atoms with E-state index in [2.05, 4.69) is 5.32 Å². The molecule has 2 atom stereocenters. The lowest BCUT2D eigenvalue weighted by molar-refractivity contribution is -0.141. The van der Waals surface area contributed by atoms with Crippen LogP contribution in [0.1, 0.15) is 31.2 Å². The SMILES string of the molecule is COc1ccc(CCC(=O)N[C@@H]2CC[C@H](C(=O)O)C2)c(OC)c1OC. The van der Waals surface area contributed by atoms with Gasteiger partial charge in [0.1, 0.15) is 0 Å². The molecule has 2 rings (SSSR count). The predicted octanol–water partition coefficient (Wildman–Crippen LogP) is 2.01. The zero-order valence-electron chi connectivity index (χ0n) is 14.8. The van der Waals surface area contributed by atoms with Gasteiger partial charge < -0.3 is 24.6 Å². The smallest absolute Gasteiger partial charge is 0.306 e. The van der Waals surface area contributed by atoms with Crippen LogP contribution in [0.4, 0.5) is 0 Å². The zero-order chi connectivity index (χ0) is 18.4. The van der Waals surface area contributed by atoms with E-state index in [1.54, 1.807) is 20.3 Å². The fraction of sp³-hybridized carbons (Fsp3) is 0.556. The molecule has 0 saturated heterocycles. The van der Waals surface area contributed by atoms with Crippen LogP contribution in [-0.4, -0.2) is 44.4 Å². The van der Waals surface area contributed by atoms with Crippen LogP contribution in [0.2, 0.25) is 0 Å². The molecule has 7 heteroatoms. The third-order valence-corrected chi connectivity index (χ3v) is 4.55. The minimum absolute atomic E-state index is 0.0547. The molecule has 0 unspecified atom stereocenters. The molecule has 0 spiro atoms. The fourth-order valence-electron chi connectivity index (χ4n) is 3.25. The van der Waals surface area contributed by atoms with Gasteiger partial charge in [0, 0.05) is 12.5 Å². The number of methoxy groups -OCH3 is 3. The molecule has 138 valence electrons. The number of ether oxygens (including phenoxy) is 3. The highest BCUT2D eigenvalue weighted by Crippen LogP contribution is 2.40. The molecular weight excluding hydrogens is 326 g/mol. The first-order valence-corrected chi connectivity index (χ1v) is 8.30. The summed E-state index contributed by atoms with van der Waals surface area (Å²) in [5, 5.41) is 11.9. The Morgan fingerprint density at radius 1 is 1.12 bits per heavy atom. The van der Waals surface area contributed by atoms with Crippen molar-refractivity contribution in [1.82, 2.24) is 5.32 Å². The van der Waals surface area contributed by atoms with Crippen molar-refractivity contribution in [3.63, 3.8) is 0 Å². The Morgan fingerprint density at radius 2 is 1.84 bits per heavy atom. The van der Waals surface area contributed by atoms with E-state index in [9.17, 15) is 9.59 Å². The van der Waals surface area contributed by atoms with Crippen molar-refractivity contribution in [2.75, 3.05) is 21.3 Å². The van der Waals surface area contributed by atoms with Gasteiger partial charge in [-0.05, 0) is 37.3 Å². The summed E-state index contributed by atoms with van der Waals surface area (Å²) < 4.78 is 16.0. The molecule has 0 bridgehead atoms. The molecule has 1 aliphatic carbocycles. The van der Waals surface area contributed by atoms with Gasteiger partial charge in [0.05, 0.1) is 27.2 Å². The molecular formula is C18H25NO6. The molecule has 1 amide bonds. The molecule has 1 aromatic carbocycles. The van der Waals surface area contributed by atoms with Crippen molar-refractivity contribution in [2.45, 2.75) is 38.1 Å². The van der Waals surface area contributed by atoms with E-state index in [1.807, 2.05) is 6.07 Å². The Morgan fingerprint density at radius 3 is 2.40 bits per heavy atom. The highest BCUT2D eigenvalue weighted by molar-refractivity contribution is 5.77. The van der Waals surface area contributed by atoms with E-state index >= 15 is 0 Å². The van der Waals surface area contributed by atoms with Crippen molar-refractivity contribution in [3.05, 3.63) is 17.7 Å². The minimum Gasteiger partial charge on any atom is -0.493 e. The predicted molar refractivity (Wildman–Crippen MR) is 91.3 cm³/mol. The molecule has 1 aromatic rings. The van der Waals surface area contributed by atoms with E-state index in [0.29, 0.717) is 49.4 Å². The molecule has 0 aliphatic heterocycles. The second-order valence-electron chi connectivity index (χ2n) is 6.11. The van der Waals surface area contributed by atoms with Gasteiger partial charge >= 0.3 is 5.97 Å². The van der Waals surface area contributed by atoms with E-state index < -0.39 is 5.97 Å². The van der Waals surface area contributed by atoms with Crippen LogP contribution in [0.25, 0.3) is 0 Å². The Balaban J connectivity index is 1.95. The van der Waals surface area contributed by atoms with Crippen LogP contribution in [0.5, 0.6) is 17.2 Å². The first kappa shape index (κ1) is 18.9. The standard InChI is InChI=1S/C18H25NO6/c1-23-14-8-5-11(16(24-2)17(14)25-3)6-9-15(20)19-13-7-4-12(10-13)18(21)22/h5,8,12-13H,4,6-7,9-10H2,1-3H3,(H,19,20)(H,21,22)/t12-,13+/m0/s1. The Bertz CT molecular complexity index is 630. The summed E-state index contributed by atoms with van der Waals surface area (Å²) in [6, 6.07) is 3.58. The third kappa shape index (κ3) is 4.55. The summed E-state index contributed by atoms with van der Waals surface area (Å²) in [7, 11) is 4.64. The van der Waals surface area contributed by atoms with Gasteiger partial charge in [-0.1, -0.05) is 6.07 Å². The van der Waals surface area contributed by atoms with Gasteiger partial charge in [-0.3, -0.25) is 9.59 Å². The normalized spacial score (nSPS) is 19.3. The number of carboxylic acid groups (broad SMARTS) is 1. The Hall–Kier alpha value is -2.44. The maximum absolute atomic E-state index is 12.2. The Labute approximate surface area is 147 Å². The second kappa shape index (κ2) is 8.60. The highest BCUT2D eigenvalue weighted by Gasteiger charge is 2.30. The van der Waals surface area contributed by atoms with Crippen molar-refractivity contribution in [3.8, 4) is 17.2 Å². The van der Waals surface area contributed by atoms with Crippen LogP contribution < -0.4 is 19.5 Å². The summed E-state index contributed by atoms with van der Waals surface area (Å²) in [5.74, 6) is 0.401.